The highest BCUT2D eigenvalue weighted by molar-refractivity contribution is 5.92. The van der Waals surface area contributed by atoms with E-state index < -0.39 is 0 Å². The van der Waals surface area contributed by atoms with Crippen LogP contribution in [0.3, 0.4) is 0 Å². The lowest BCUT2D eigenvalue weighted by molar-refractivity contribution is -0.115. The van der Waals surface area contributed by atoms with Gasteiger partial charge in [-0.05, 0) is 49.6 Å². The van der Waals surface area contributed by atoms with Gasteiger partial charge in [-0.1, -0.05) is 36.4 Å². The molecule has 0 saturated heterocycles. The molecule has 0 radical (unpaired) electrons. The van der Waals surface area contributed by atoms with E-state index in [0.29, 0.717) is 6.54 Å². The first kappa shape index (κ1) is 15.3. The molecule has 0 bridgehead atoms. The molecule has 0 saturated carbocycles. The number of hydrogen-bond acceptors (Lipinski definition) is 2. The third-order valence-electron chi connectivity index (χ3n) is 3.37. The number of hydrogen-bond donors (Lipinski definition) is 2. The van der Waals surface area contributed by atoms with Gasteiger partial charge in [0.2, 0.25) is 5.91 Å². The fraction of sp³-hybridized carbons (Fsp3) is 0.278. The minimum Gasteiger partial charge on any atom is -0.325 e. The summed E-state index contributed by atoms with van der Waals surface area (Å²) in [5, 5.41) is 6.17. The van der Waals surface area contributed by atoms with Crippen LogP contribution in [0.4, 0.5) is 5.69 Å². The highest BCUT2D eigenvalue weighted by Gasteiger charge is 2.07. The van der Waals surface area contributed by atoms with Crippen LogP contribution < -0.4 is 10.6 Å². The summed E-state index contributed by atoms with van der Waals surface area (Å²) in [6.07, 6.45) is 0. The molecule has 2 aromatic carbocycles. The Balaban J connectivity index is 1.87. The van der Waals surface area contributed by atoms with Gasteiger partial charge in [-0.2, -0.15) is 0 Å². The van der Waals surface area contributed by atoms with Crippen molar-refractivity contribution >= 4 is 11.6 Å². The van der Waals surface area contributed by atoms with Gasteiger partial charge in [0.25, 0.3) is 0 Å². The molecule has 110 valence electrons. The Morgan fingerprint density at radius 2 is 1.67 bits per heavy atom. The number of anilines is 1. The first-order valence-corrected chi connectivity index (χ1v) is 7.21. The molecule has 2 N–H and O–H groups in total. The Labute approximate surface area is 126 Å². The fourth-order valence-corrected chi connectivity index (χ4v) is 2.36. The molecular weight excluding hydrogens is 260 g/mol. The summed E-state index contributed by atoms with van der Waals surface area (Å²) in [5.41, 5.74) is 4.33. The van der Waals surface area contributed by atoms with Crippen molar-refractivity contribution in [2.24, 2.45) is 0 Å². The molecule has 0 aliphatic heterocycles. The molecule has 0 aromatic heterocycles. The molecular formula is C18H22N2O. The van der Waals surface area contributed by atoms with Gasteiger partial charge in [0.15, 0.2) is 0 Å². The molecule has 0 fully saturated rings. The number of benzene rings is 2. The first-order chi connectivity index (χ1) is 10.0. The largest absolute Gasteiger partial charge is 0.325 e. The Morgan fingerprint density at radius 3 is 2.29 bits per heavy atom. The van der Waals surface area contributed by atoms with Crippen LogP contribution in [0, 0.1) is 13.8 Å². The summed E-state index contributed by atoms with van der Waals surface area (Å²) in [7, 11) is 0. The zero-order valence-corrected chi connectivity index (χ0v) is 12.8. The van der Waals surface area contributed by atoms with Crippen molar-refractivity contribution in [2.45, 2.75) is 26.8 Å². The highest BCUT2D eigenvalue weighted by atomic mass is 16.1. The number of aryl methyl sites for hydroxylation is 2. The Hall–Kier alpha value is -2.13. The SMILES string of the molecule is Cc1cc(C)cc(NC(=O)CN[C@@H](C)c2ccccc2)c1. The Kier molecular flexibility index (Phi) is 5.12. The summed E-state index contributed by atoms with van der Waals surface area (Å²) in [6.45, 7) is 6.40. The standard InChI is InChI=1S/C18H22N2O/c1-13-9-14(2)11-17(10-13)20-18(21)12-19-15(3)16-7-5-4-6-8-16/h4-11,15,19H,12H2,1-3H3,(H,20,21)/t15-/m0/s1. The molecule has 3 heteroatoms. The van der Waals surface area contributed by atoms with Crippen molar-refractivity contribution in [1.29, 1.82) is 0 Å². The summed E-state index contributed by atoms with van der Waals surface area (Å²) in [5.74, 6) is -0.0252. The Bertz CT molecular complexity index is 588. The maximum absolute atomic E-state index is 12.0. The average molecular weight is 282 g/mol. The van der Waals surface area contributed by atoms with E-state index in [1.807, 2.05) is 44.2 Å². The van der Waals surface area contributed by atoms with E-state index in [0.717, 1.165) is 16.8 Å². The topological polar surface area (TPSA) is 41.1 Å². The molecule has 21 heavy (non-hydrogen) atoms. The van der Waals surface area contributed by atoms with Gasteiger partial charge in [0.1, 0.15) is 0 Å². The van der Waals surface area contributed by atoms with E-state index in [-0.39, 0.29) is 11.9 Å². The van der Waals surface area contributed by atoms with E-state index in [1.165, 1.54) is 5.56 Å². The normalized spacial score (nSPS) is 12.0. The van der Waals surface area contributed by atoms with Crippen molar-refractivity contribution < 1.29 is 4.79 Å². The zero-order chi connectivity index (χ0) is 15.2. The second-order valence-electron chi connectivity index (χ2n) is 5.44. The molecule has 0 spiro atoms. The van der Waals surface area contributed by atoms with Gasteiger partial charge >= 0.3 is 0 Å². The predicted octanol–water partition coefficient (Wildman–Crippen LogP) is 3.59. The van der Waals surface area contributed by atoms with Gasteiger partial charge in [-0.25, -0.2) is 0 Å². The molecule has 2 rings (SSSR count). The van der Waals surface area contributed by atoms with Crippen molar-refractivity contribution in [2.75, 3.05) is 11.9 Å². The van der Waals surface area contributed by atoms with Crippen LogP contribution in [-0.2, 0) is 4.79 Å². The molecule has 2 aromatic rings. The number of carbonyl (C=O) groups is 1. The van der Waals surface area contributed by atoms with Crippen molar-refractivity contribution in [3.63, 3.8) is 0 Å². The summed E-state index contributed by atoms with van der Waals surface area (Å²) < 4.78 is 0. The lowest BCUT2D eigenvalue weighted by Gasteiger charge is -2.14. The van der Waals surface area contributed by atoms with Crippen molar-refractivity contribution in [3.05, 3.63) is 65.2 Å². The predicted molar refractivity (Wildman–Crippen MR) is 87.4 cm³/mol. The minimum atomic E-state index is -0.0252. The third kappa shape index (κ3) is 4.72. The van der Waals surface area contributed by atoms with Crippen LogP contribution in [0.15, 0.2) is 48.5 Å². The lowest BCUT2D eigenvalue weighted by atomic mass is 10.1. The fourth-order valence-electron chi connectivity index (χ4n) is 2.36. The van der Waals surface area contributed by atoms with Crippen LogP contribution in [0.25, 0.3) is 0 Å². The van der Waals surface area contributed by atoms with Crippen LogP contribution in [-0.4, -0.2) is 12.5 Å². The summed E-state index contributed by atoms with van der Waals surface area (Å²) in [4.78, 5) is 12.0. The number of carbonyl (C=O) groups excluding carboxylic acids is 1. The van der Waals surface area contributed by atoms with Crippen LogP contribution in [0.2, 0.25) is 0 Å². The third-order valence-corrected chi connectivity index (χ3v) is 3.37. The molecule has 3 nitrogen and oxygen atoms in total. The van der Waals surface area contributed by atoms with Gasteiger partial charge in [-0.15, -0.1) is 0 Å². The summed E-state index contributed by atoms with van der Waals surface area (Å²) >= 11 is 0. The van der Waals surface area contributed by atoms with E-state index in [4.69, 9.17) is 0 Å². The Morgan fingerprint density at radius 1 is 1.05 bits per heavy atom. The average Bonchev–Trinajstić information content (AvgIpc) is 2.44. The second-order valence-corrected chi connectivity index (χ2v) is 5.44. The monoisotopic (exact) mass is 282 g/mol. The van der Waals surface area contributed by atoms with Crippen molar-refractivity contribution in [3.8, 4) is 0 Å². The van der Waals surface area contributed by atoms with Gasteiger partial charge in [0.05, 0.1) is 6.54 Å². The van der Waals surface area contributed by atoms with Gasteiger partial charge in [0, 0.05) is 11.7 Å². The first-order valence-electron chi connectivity index (χ1n) is 7.21. The summed E-state index contributed by atoms with van der Waals surface area (Å²) in [6, 6.07) is 16.3. The zero-order valence-electron chi connectivity index (χ0n) is 12.8. The van der Waals surface area contributed by atoms with Crippen LogP contribution in [0.1, 0.15) is 29.7 Å². The molecule has 0 heterocycles. The van der Waals surface area contributed by atoms with E-state index >= 15 is 0 Å². The van der Waals surface area contributed by atoms with Crippen LogP contribution in [0.5, 0.6) is 0 Å². The molecule has 1 amide bonds. The maximum Gasteiger partial charge on any atom is 0.238 e. The molecule has 0 unspecified atom stereocenters. The number of rotatable bonds is 5. The molecule has 1 atom stereocenters. The van der Waals surface area contributed by atoms with Gasteiger partial charge in [-0.3, -0.25) is 4.79 Å². The minimum absolute atomic E-state index is 0.0252. The van der Waals surface area contributed by atoms with Gasteiger partial charge < -0.3 is 10.6 Å². The second kappa shape index (κ2) is 7.04. The van der Waals surface area contributed by atoms with Crippen LogP contribution >= 0.6 is 0 Å². The molecule has 0 aliphatic rings. The van der Waals surface area contributed by atoms with E-state index in [2.05, 4.69) is 35.8 Å². The highest BCUT2D eigenvalue weighted by Crippen LogP contribution is 2.14. The smallest absolute Gasteiger partial charge is 0.238 e. The lowest BCUT2D eigenvalue weighted by Crippen LogP contribution is -2.30. The number of amides is 1. The quantitative estimate of drug-likeness (QED) is 0.880. The maximum atomic E-state index is 12.0. The molecule has 0 aliphatic carbocycles. The van der Waals surface area contributed by atoms with E-state index in [9.17, 15) is 4.79 Å². The van der Waals surface area contributed by atoms with E-state index in [1.54, 1.807) is 0 Å². The number of nitrogens with one attached hydrogen (secondary N) is 2. The van der Waals surface area contributed by atoms with Crippen molar-refractivity contribution in [1.82, 2.24) is 5.32 Å².